The fourth-order valence-corrected chi connectivity index (χ4v) is 2.91. The van der Waals surface area contributed by atoms with Gasteiger partial charge in [-0.15, -0.1) is 0 Å². The maximum atomic E-state index is 12.7. The predicted octanol–water partition coefficient (Wildman–Crippen LogP) is 2.85. The molecule has 1 fully saturated rings. The Morgan fingerprint density at radius 1 is 1.33 bits per heavy atom. The standard InChI is InChI=1S/C17H18N2O2/c1-11-12(2)21-15(14-8-6-5-7-9-14)10-17(11)16(20)19(4)13(3)18-17/h5-9,15H,1-2,10H2,3-4H3. The van der Waals surface area contributed by atoms with E-state index in [1.807, 2.05) is 37.3 Å². The van der Waals surface area contributed by atoms with Gasteiger partial charge in [0.1, 0.15) is 17.7 Å². The second-order valence-corrected chi connectivity index (χ2v) is 5.51. The quantitative estimate of drug-likeness (QED) is 0.795. The van der Waals surface area contributed by atoms with E-state index in [4.69, 9.17) is 4.74 Å². The molecule has 1 aromatic carbocycles. The van der Waals surface area contributed by atoms with Crippen LogP contribution in [-0.2, 0) is 9.53 Å². The van der Waals surface area contributed by atoms with Crippen LogP contribution in [-0.4, -0.2) is 29.2 Å². The van der Waals surface area contributed by atoms with Crippen LogP contribution in [0.3, 0.4) is 0 Å². The largest absolute Gasteiger partial charge is 0.486 e. The second-order valence-electron chi connectivity index (χ2n) is 5.51. The Morgan fingerprint density at radius 3 is 2.57 bits per heavy atom. The number of likely N-dealkylation sites (N-methyl/N-ethyl adjacent to an activating group) is 1. The molecule has 1 amide bonds. The van der Waals surface area contributed by atoms with E-state index >= 15 is 0 Å². The van der Waals surface area contributed by atoms with Crippen LogP contribution in [0.4, 0.5) is 0 Å². The summed E-state index contributed by atoms with van der Waals surface area (Å²) in [5, 5.41) is 0. The smallest absolute Gasteiger partial charge is 0.260 e. The van der Waals surface area contributed by atoms with Crippen LogP contribution in [0.2, 0.25) is 0 Å². The third-order valence-electron chi connectivity index (χ3n) is 4.27. The van der Waals surface area contributed by atoms with E-state index in [1.54, 1.807) is 11.9 Å². The van der Waals surface area contributed by atoms with Crippen molar-refractivity contribution in [1.29, 1.82) is 0 Å². The number of hydrogen-bond acceptors (Lipinski definition) is 3. The molecule has 108 valence electrons. The molecular formula is C17H18N2O2. The van der Waals surface area contributed by atoms with Crippen LogP contribution in [0.15, 0.2) is 59.8 Å². The highest BCUT2D eigenvalue weighted by molar-refractivity contribution is 6.09. The van der Waals surface area contributed by atoms with Gasteiger partial charge in [-0.2, -0.15) is 0 Å². The van der Waals surface area contributed by atoms with Crippen LogP contribution < -0.4 is 0 Å². The van der Waals surface area contributed by atoms with E-state index in [2.05, 4.69) is 18.2 Å². The highest BCUT2D eigenvalue weighted by Gasteiger charge is 2.53. The molecule has 0 bridgehead atoms. The number of hydrogen-bond donors (Lipinski definition) is 0. The predicted molar refractivity (Wildman–Crippen MR) is 81.8 cm³/mol. The maximum Gasteiger partial charge on any atom is 0.260 e. The Kier molecular flexibility index (Phi) is 2.97. The molecule has 0 radical (unpaired) electrons. The first kappa shape index (κ1) is 13.6. The van der Waals surface area contributed by atoms with E-state index in [-0.39, 0.29) is 12.0 Å². The van der Waals surface area contributed by atoms with Crippen molar-refractivity contribution in [2.45, 2.75) is 25.0 Å². The van der Waals surface area contributed by atoms with E-state index in [1.165, 1.54) is 0 Å². The average Bonchev–Trinajstić information content (AvgIpc) is 2.70. The summed E-state index contributed by atoms with van der Waals surface area (Å²) in [6.07, 6.45) is 0.214. The lowest BCUT2D eigenvalue weighted by molar-refractivity contribution is -0.131. The van der Waals surface area contributed by atoms with E-state index in [0.717, 1.165) is 5.56 Å². The molecule has 1 aromatic rings. The molecule has 0 saturated carbocycles. The van der Waals surface area contributed by atoms with Gasteiger partial charge in [0.05, 0.1) is 0 Å². The highest BCUT2D eigenvalue weighted by atomic mass is 16.5. The number of rotatable bonds is 1. The minimum Gasteiger partial charge on any atom is -0.486 e. The number of carbonyl (C=O) groups excluding carboxylic acids is 1. The number of benzene rings is 1. The van der Waals surface area contributed by atoms with Gasteiger partial charge in [0, 0.05) is 19.0 Å². The van der Waals surface area contributed by atoms with Gasteiger partial charge in [-0.05, 0) is 12.5 Å². The molecular weight excluding hydrogens is 264 g/mol. The van der Waals surface area contributed by atoms with Crippen molar-refractivity contribution in [1.82, 2.24) is 4.90 Å². The summed E-state index contributed by atoms with van der Waals surface area (Å²) in [7, 11) is 1.74. The zero-order valence-electron chi connectivity index (χ0n) is 12.3. The summed E-state index contributed by atoms with van der Waals surface area (Å²) >= 11 is 0. The van der Waals surface area contributed by atoms with Crippen LogP contribution >= 0.6 is 0 Å². The molecule has 1 spiro atoms. The molecule has 3 rings (SSSR count). The van der Waals surface area contributed by atoms with Gasteiger partial charge in [0.2, 0.25) is 0 Å². The van der Waals surface area contributed by atoms with Gasteiger partial charge in [-0.3, -0.25) is 9.79 Å². The average molecular weight is 282 g/mol. The lowest BCUT2D eigenvalue weighted by Crippen LogP contribution is -2.46. The summed E-state index contributed by atoms with van der Waals surface area (Å²) in [6.45, 7) is 9.74. The molecule has 0 aliphatic carbocycles. The van der Waals surface area contributed by atoms with E-state index < -0.39 is 5.54 Å². The Labute approximate surface area is 124 Å². The molecule has 2 unspecified atom stereocenters. The molecule has 2 aliphatic heterocycles. The van der Waals surface area contributed by atoms with Crippen molar-refractivity contribution in [3.8, 4) is 0 Å². The summed E-state index contributed by atoms with van der Waals surface area (Å²) in [6, 6.07) is 9.83. The number of aliphatic imine (C=N–C) groups is 1. The number of nitrogens with zero attached hydrogens (tertiary/aromatic N) is 2. The third kappa shape index (κ3) is 1.90. The van der Waals surface area contributed by atoms with E-state index in [0.29, 0.717) is 23.6 Å². The summed E-state index contributed by atoms with van der Waals surface area (Å²) in [5.74, 6) is 1.08. The van der Waals surface area contributed by atoms with Crippen molar-refractivity contribution in [2.24, 2.45) is 4.99 Å². The summed E-state index contributed by atoms with van der Waals surface area (Å²) in [4.78, 5) is 18.9. The first-order chi connectivity index (χ1) is 9.95. The lowest BCUT2D eigenvalue weighted by atomic mass is 9.80. The third-order valence-corrected chi connectivity index (χ3v) is 4.27. The zero-order valence-corrected chi connectivity index (χ0v) is 12.3. The van der Waals surface area contributed by atoms with Crippen LogP contribution in [0.1, 0.15) is 25.0 Å². The number of amides is 1. The molecule has 2 heterocycles. The molecule has 4 heteroatoms. The molecule has 0 N–H and O–H groups in total. The molecule has 1 saturated heterocycles. The molecule has 0 aromatic heterocycles. The fraction of sp³-hybridized carbons (Fsp3) is 0.294. The highest BCUT2D eigenvalue weighted by Crippen LogP contribution is 2.46. The topological polar surface area (TPSA) is 41.9 Å². The number of amidine groups is 1. The molecule has 21 heavy (non-hydrogen) atoms. The Bertz CT molecular complexity index is 663. The fourth-order valence-electron chi connectivity index (χ4n) is 2.91. The van der Waals surface area contributed by atoms with Crippen molar-refractivity contribution in [3.05, 3.63) is 60.4 Å². The van der Waals surface area contributed by atoms with Crippen molar-refractivity contribution >= 4 is 11.7 Å². The first-order valence-corrected chi connectivity index (χ1v) is 6.90. The van der Waals surface area contributed by atoms with Crippen LogP contribution in [0, 0.1) is 0 Å². The van der Waals surface area contributed by atoms with Gasteiger partial charge < -0.3 is 9.64 Å². The minimum atomic E-state index is -0.964. The van der Waals surface area contributed by atoms with Gasteiger partial charge in [-0.1, -0.05) is 43.5 Å². The molecule has 2 aliphatic rings. The van der Waals surface area contributed by atoms with Gasteiger partial charge in [0.15, 0.2) is 5.54 Å². The monoisotopic (exact) mass is 282 g/mol. The summed E-state index contributed by atoms with van der Waals surface area (Å²) < 4.78 is 5.86. The zero-order chi connectivity index (χ0) is 15.2. The second kappa shape index (κ2) is 4.58. The Hall–Kier alpha value is -2.36. The number of ether oxygens (including phenoxy) is 1. The molecule has 2 atom stereocenters. The van der Waals surface area contributed by atoms with Gasteiger partial charge in [-0.25, -0.2) is 0 Å². The normalized spacial score (nSPS) is 28.9. The van der Waals surface area contributed by atoms with Crippen molar-refractivity contribution < 1.29 is 9.53 Å². The first-order valence-electron chi connectivity index (χ1n) is 6.90. The van der Waals surface area contributed by atoms with Gasteiger partial charge in [0.25, 0.3) is 5.91 Å². The SMILES string of the molecule is C=C1OC(c2ccccc2)CC2(N=C(C)N(C)C2=O)C1=C. The Balaban J connectivity index is 2.03. The minimum absolute atomic E-state index is 0.0598. The Morgan fingerprint density at radius 2 is 2.00 bits per heavy atom. The van der Waals surface area contributed by atoms with Crippen molar-refractivity contribution in [2.75, 3.05) is 7.05 Å². The van der Waals surface area contributed by atoms with Crippen molar-refractivity contribution in [3.63, 3.8) is 0 Å². The summed E-state index contributed by atoms with van der Waals surface area (Å²) in [5.41, 5.74) is 0.610. The maximum absolute atomic E-state index is 12.7. The lowest BCUT2D eigenvalue weighted by Gasteiger charge is -2.38. The van der Waals surface area contributed by atoms with Crippen LogP contribution in [0.5, 0.6) is 0 Å². The van der Waals surface area contributed by atoms with Gasteiger partial charge >= 0.3 is 0 Å². The van der Waals surface area contributed by atoms with Crippen LogP contribution in [0.25, 0.3) is 0 Å². The molecule has 4 nitrogen and oxygen atoms in total. The van der Waals surface area contributed by atoms with E-state index in [9.17, 15) is 4.79 Å². The number of carbonyl (C=O) groups is 1.